The highest BCUT2D eigenvalue weighted by atomic mass is 16.7. The van der Waals surface area contributed by atoms with Crippen molar-refractivity contribution < 1.29 is 33.9 Å². The number of imide groups is 1. The van der Waals surface area contributed by atoms with E-state index < -0.39 is 41.5 Å². The number of hydrogen-bond acceptors (Lipinski definition) is 6. The van der Waals surface area contributed by atoms with Gasteiger partial charge in [-0.05, 0) is 6.92 Å². The molecule has 0 aromatic rings. The van der Waals surface area contributed by atoms with E-state index in [0.29, 0.717) is 11.1 Å². The van der Waals surface area contributed by atoms with E-state index in [1.54, 1.807) is 0 Å². The fourth-order valence-corrected chi connectivity index (χ4v) is 1.37. The van der Waals surface area contributed by atoms with E-state index in [0.717, 1.165) is 6.92 Å². The number of amides is 2. The smallest absolute Gasteiger partial charge is 0.357 e. The van der Waals surface area contributed by atoms with Crippen molar-refractivity contribution >= 4 is 29.5 Å². The van der Waals surface area contributed by atoms with E-state index in [1.165, 1.54) is 0 Å². The summed E-state index contributed by atoms with van der Waals surface area (Å²) >= 11 is 0. The third-order valence-electron chi connectivity index (χ3n) is 2.19. The summed E-state index contributed by atoms with van der Waals surface area (Å²) < 4.78 is 0. The molecule has 0 unspecified atom stereocenters. The normalized spacial score (nSPS) is 15.6. The molecule has 102 valence electrons. The van der Waals surface area contributed by atoms with Crippen LogP contribution in [0.25, 0.3) is 0 Å². The lowest BCUT2D eigenvalue weighted by atomic mass is 10.1. The molecule has 8 heteroatoms. The number of carbonyl (C=O) groups is 5. The van der Waals surface area contributed by atoms with Crippen molar-refractivity contribution in [2.24, 2.45) is 0 Å². The molecule has 0 atom stereocenters. The highest BCUT2D eigenvalue weighted by Crippen LogP contribution is 2.13. The van der Waals surface area contributed by atoms with E-state index in [2.05, 4.69) is 4.84 Å². The first-order valence-corrected chi connectivity index (χ1v) is 5.32. The van der Waals surface area contributed by atoms with Gasteiger partial charge in [-0.25, -0.2) is 9.59 Å². The highest BCUT2D eigenvalue weighted by Gasteiger charge is 2.32. The van der Waals surface area contributed by atoms with Crippen molar-refractivity contribution in [2.45, 2.75) is 26.2 Å². The van der Waals surface area contributed by atoms with Gasteiger partial charge in [0.05, 0.1) is 5.57 Å². The maximum atomic E-state index is 11.4. The summed E-state index contributed by atoms with van der Waals surface area (Å²) in [4.78, 5) is 59.7. The minimum atomic E-state index is -1.45. The molecule has 1 aliphatic heterocycles. The molecule has 0 aliphatic carbocycles. The van der Waals surface area contributed by atoms with Gasteiger partial charge in [-0.1, -0.05) is 0 Å². The number of carbonyl (C=O) groups excluding carboxylic acids is 4. The summed E-state index contributed by atoms with van der Waals surface area (Å²) in [5.74, 6) is -4.44. The molecule has 0 aromatic heterocycles. The molecule has 8 nitrogen and oxygen atoms in total. The van der Waals surface area contributed by atoms with Gasteiger partial charge in [0.15, 0.2) is 0 Å². The van der Waals surface area contributed by atoms with Gasteiger partial charge in [-0.15, -0.1) is 5.06 Å². The van der Waals surface area contributed by atoms with Crippen LogP contribution in [0.3, 0.4) is 0 Å². The molecule has 0 saturated carbocycles. The van der Waals surface area contributed by atoms with Gasteiger partial charge >= 0.3 is 11.9 Å². The Balaban J connectivity index is 2.76. The Hall–Kier alpha value is -2.51. The monoisotopic (exact) mass is 269 g/mol. The zero-order valence-electron chi connectivity index (χ0n) is 10.0. The third kappa shape index (κ3) is 4.02. The Labute approximate surface area is 107 Å². The number of rotatable bonds is 5. The molecule has 0 spiro atoms. The molecule has 1 fully saturated rings. The number of hydroxylamine groups is 2. The average Bonchev–Trinajstić information content (AvgIpc) is 2.59. The quantitative estimate of drug-likeness (QED) is 0.532. The van der Waals surface area contributed by atoms with Gasteiger partial charge in [-0.3, -0.25) is 14.4 Å². The van der Waals surface area contributed by atoms with Crippen molar-refractivity contribution in [3.05, 3.63) is 11.6 Å². The summed E-state index contributed by atoms with van der Waals surface area (Å²) in [6.45, 7) is 1.16. The Morgan fingerprint density at radius 2 is 1.79 bits per heavy atom. The Morgan fingerprint density at radius 1 is 1.26 bits per heavy atom. The number of aliphatic carboxylic acids is 1. The van der Waals surface area contributed by atoms with Crippen molar-refractivity contribution in [2.75, 3.05) is 0 Å². The maximum Gasteiger partial charge on any atom is 0.357 e. The zero-order chi connectivity index (χ0) is 14.6. The van der Waals surface area contributed by atoms with Crippen LogP contribution in [-0.4, -0.2) is 39.7 Å². The van der Waals surface area contributed by atoms with Crippen LogP contribution >= 0.6 is 0 Å². The van der Waals surface area contributed by atoms with Crippen LogP contribution < -0.4 is 0 Å². The predicted octanol–water partition coefficient (Wildman–Crippen LogP) is -0.416. The molecular weight excluding hydrogens is 258 g/mol. The molecule has 1 rings (SSSR count). The Kier molecular flexibility index (Phi) is 4.51. The fraction of sp³-hybridized carbons (Fsp3) is 0.364. The van der Waals surface area contributed by atoms with Crippen LogP contribution in [0.5, 0.6) is 0 Å². The molecular formula is C11H11NO7. The predicted molar refractivity (Wildman–Crippen MR) is 58.2 cm³/mol. The summed E-state index contributed by atoms with van der Waals surface area (Å²) in [5, 5.41) is 9.06. The highest BCUT2D eigenvalue weighted by molar-refractivity contribution is 6.03. The lowest BCUT2D eigenvalue weighted by Crippen LogP contribution is -2.31. The molecule has 19 heavy (non-hydrogen) atoms. The second-order valence-corrected chi connectivity index (χ2v) is 3.85. The second kappa shape index (κ2) is 5.89. The number of Topliss-reactive ketones (excluding diaryl/α,β-unsaturated/α-hetero) is 1. The van der Waals surface area contributed by atoms with Gasteiger partial charge in [-0.2, -0.15) is 0 Å². The van der Waals surface area contributed by atoms with Crippen molar-refractivity contribution in [3.8, 4) is 0 Å². The van der Waals surface area contributed by atoms with Crippen LogP contribution in [0.2, 0.25) is 0 Å². The van der Waals surface area contributed by atoms with E-state index in [9.17, 15) is 24.0 Å². The van der Waals surface area contributed by atoms with E-state index in [1.807, 2.05) is 0 Å². The average molecular weight is 269 g/mol. The van der Waals surface area contributed by atoms with E-state index in [4.69, 9.17) is 5.11 Å². The molecule has 1 saturated heterocycles. The third-order valence-corrected chi connectivity index (χ3v) is 2.19. The number of ketones is 1. The summed E-state index contributed by atoms with van der Waals surface area (Å²) in [6.07, 6.45) is -0.000931. The number of carboxylic acid groups (broad SMARTS) is 1. The standard InChI is InChI=1S/C11H11NO7/c1-6(13)4-7(11(17)18)5-10(16)19-12-8(14)2-3-9(12)15/h5H,2-4H2,1H3,(H,17,18)/b7-5-. The van der Waals surface area contributed by atoms with Crippen LogP contribution in [0.4, 0.5) is 0 Å². The number of carboxylic acids is 1. The van der Waals surface area contributed by atoms with Crippen LogP contribution in [0.15, 0.2) is 11.6 Å². The molecule has 0 aromatic carbocycles. The topological polar surface area (TPSA) is 118 Å². The zero-order valence-corrected chi connectivity index (χ0v) is 10.0. The van der Waals surface area contributed by atoms with Gasteiger partial charge in [0.25, 0.3) is 11.8 Å². The van der Waals surface area contributed by atoms with Gasteiger partial charge in [0.2, 0.25) is 0 Å². The van der Waals surface area contributed by atoms with Crippen LogP contribution in [0, 0.1) is 0 Å². The minimum absolute atomic E-state index is 0.0605. The second-order valence-electron chi connectivity index (χ2n) is 3.85. The maximum absolute atomic E-state index is 11.4. The van der Waals surface area contributed by atoms with Gasteiger partial charge in [0.1, 0.15) is 5.78 Å². The van der Waals surface area contributed by atoms with E-state index in [-0.39, 0.29) is 12.8 Å². The SMILES string of the molecule is CC(=O)C/C(=C/C(=O)ON1C(=O)CCC1=O)C(=O)O. The first-order valence-electron chi connectivity index (χ1n) is 5.32. The lowest BCUT2D eigenvalue weighted by Gasteiger charge is -2.11. The van der Waals surface area contributed by atoms with Crippen molar-refractivity contribution in [3.63, 3.8) is 0 Å². The molecule has 0 radical (unpaired) electrons. The van der Waals surface area contributed by atoms with Gasteiger partial charge in [0, 0.05) is 25.3 Å². The van der Waals surface area contributed by atoms with Crippen LogP contribution in [0.1, 0.15) is 26.2 Å². The minimum Gasteiger partial charge on any atom is -0.478 e. The lowest BCUT2D eigenvalue weighted by molar-refractivity contribution is -0.193. The molecule has 1 aliphatic rings. The van der Waals surface area contributed by atoms with Gasteiger partial charge < -0.3 is 9.94 Å². The van der Waals surface area contributed by atoms with E-state index >= 15 is 0 Å². The summed E-state index contributed by atoms with van der Waals surface area (Å²) in [6, 6.07) is 0. The Morgan fingerprint density at radius 3 is 2.21 bits per heavy atom. The molecule has 2 amide bonds. The first-order chi connectivity index (χ1) is 8.81. The summed E-state index contributed by atoms with van der Waals surface area (Å²) in [5.41, 5.74) is -0.475. The number of nitrogens with zero attached hydrogens (tertiary/aromatic N) is 1. The van der Waals surface area contributed by atoms with Crippen LogP contribution in [-0.2, 0) is 28.8 Å². The van der Waals surface area contributed by atoms with Crippen molar-refractivity contribution in [1.82, 2.24) is 5.06 Å². The Bertz CT molecular complexity index is 475. The largest absolute Gasteiger partial charge is 0.478 e. The summed E-state index contributed by atoms with van der Waals surface area (Å²) in [7, 11) is 0. The first kappa shape index (κ1) is 14.6. The fourth-order valence-electron chi connectivity index (χ4n) is 1.37. The van der Waals surface area contributed by atoms with Crippen molar-refractivity contribution in [1.29, 1.82) is 0 Å². The molecule has 1 heterocycles. The molecule has 1 N–H and O–H groups in total. The molecule has 0 bridgehead atoms. The number of hydrogen-bond donors (Lipinski definition) is 1.